The van der Waals surface area contributed by atoms with Gasteiger partial charge in [-0.1, -0.05) is 30.3 Å². The largest absolute Gasteiger partial charge is 0.439 e. The molecule has 186 valence electrons. The number of hydrogen-bond donors (Lipinski definition) is 2. The molecule has 2 aliphatic heterocycles. The Kier molecular flexibility index (Phi) is 6.36. The molecule has 36 heavy (non-hydrogen) atoms. The van der Waals surface area contributed by atoms with Gasteiger partial charge in [-0.25, -0.2) is 0 Å². The molecule has 2 aromatic carbocycles. The fourth-order valence-corrected chi connectivity index (χ4v) is 5.28. The Balaban J connectivity index is 1.45. The molecule has 7 heteroatoms. The van der Waals surface area contributed by atoms with Crippen molar-refractivity contribution in [2.45, 2.75) is 32.1 Å². The molecule has 2 N–H and O–H groups in total. The predicted octanol–water partition coefficient (Wildman–Crippen LogP) is 3.26. The number of ether oxygens (including phenoxy) is 1. The Morgan fingerprint density at radius 2 is 1.69 bits per heavy atom. The summed E-state index contributed by atoms with van der Waals surface area (Å²) in [4.78, 5) is 28.4. The SMILES string of the molecule is CC1(C)C(C=C2C(=O)C(/C=C3/Oc4ccccc4N3CCCO)C2=O)=[N+](CCCO)c2ccccc21. The molecule has 0 radical (unpaired) electrons. The molecular formula is C29H31N2O5+. The highest BCUT2D eigenvalue weighted by Crippen LogP contribution is 2.42. The molecule has 7 nitrogen and oxygen atoms in total. The first-order valence-electron chi connectivity index (χ1n) is 12.4. The first kappa shape index (κ1) is 24.2. The van der Waals surface area contributed by atoms with E-state index in [2.05, 4.69) is 24.5 Å². The smallest absolute Gasteiger partial charge is 0.209 e. The average molecular weight is 488 g/mol. The lowest BCUT2D eigenvalue weighted by Crippen LogP contribution is -2.42. The number of nitrogens with zero attached hydrogens (tertiary/aromatic N) is 2. The molecule has 1 fully saturated rings. The van der Waals surface area contributed by atoms with Gasteiger partial charge in [0.05, 0.1) is 16.7 Å². The van der Waals surface area contributed by atoms with Crippen LogP contribution in [0.2, 0.25) is 0 Å². The third kappa shape index (κ3) is 3.88. The predicted molar refractivity (Wildman–Crippen MR) is 137 cm³/mol. The number of hydrogen-bond acceptors (Lipinski definition) is 6. The molecule has 1 aliphatic carbocycles. The zero-order chi connectivity index (χ0) is 25.4. The number of Topliss-reactive ketones (excluding diaryl/α,β-unsaturated/α-hetero) is 2. The number of allylic oxidation sites excluding steroid dienone is 3. The number of anilines is 1. The van der Waals surface area contributed by atoms with Crippen LogP contribution in [0.4, 0.5) is 11.4 Å². The minimum absolute atomic E-state index is 0.0314. The minimum Gasteiger partial charge on any atom is -0.439 e. The van der Waals surface area contributed by atoms with Crippen molar-refractivity contribution in [3.63, 3.8) is 0 Å². The fraction of sp³-hybridized carbons (Fsp3) is 0.345. The average Bonchev–Trinajstić information content (AvgIpc) is 3.34. The minimum atomic E-state index is -0.893. The molecule has 2 aromatic rings. The number of fused-ring (bicyclic) bond motifs is 2. The Morgan fingerprint density at radius 3 is 2.44 bits per heavy atom. The summed E-state index contributed by atoms with van der Waals surface area (Å²) in [5.41, 5.74) is 3.71. The lowest BCUT2D eigenvalue weighted by molar-refractivity contribution is -0.438. The number of aliphatic hydroxyl groups is 2. The highest BCUT2D eigenvalue weighted by atomic mass is 16.5. The van der Waals surface area contributed by atoms with Crippen molar-refractivity contribution >= 4 is 28.7 Å². The quantitative estimate of drug-likeness (QED) is 0.257. The number of benzene rings is 2. The van der Waals surface area contributed by atoms with Crippen molar-refractivity contribution in [2.75, 3.05) is 31.2 Å². The van der Waals surface area contributed by atoms with Gasteiger partial charge >= 0.3 is 0 Å². The summed E-state index contributed by atoms with van der Waals surface area (Å²) in [5, 5.41) is 18.7. The van der Waals surface area contributed by atoms with E-state index >= 15 is 0 Å². The number of carbonyl (C=O) groups is 2. The van der Waals surface area contributed by atoms with E-state index in [0.29, 0.717) is 37.6 Å². The maximum absolute atomic E-state index is 13.2. The third-order valence-corrected chi connectivity index (χ3v) is 7.20. The Bertz CT molecular complexity index is 1300. The molecule has 0 saturated heterocycles. The van der Waals surface area contributed by atoms with Crippen LogP contribution in [-0.4, -0.2) is 58.4 Å². The van der Waals surface area contributed by atoms with Crippen LogP contribution in [0.1, 0.15) is 32.3 Å². The summed E-state index contributed by atoms with van der Waals surface area (Å²) < 4.78 is 8.08. The van der Waals surface area contributed by atoms with E-state index in [4.69, 9.17) is 4.74 Å². The van der Waals surface area contributed by atoms with Crippen LogP contribution >= 0.6 is 0 Å². The van der Waals surface area contributed by atoms with Gasteiger partial charge in [0.25, 0.3) is 0 Å². The molecule has 5 rings (SSSR count). The summed E-state index contributed by atoms with van der Waals surface area (Å²) in [6.45, 7) is 5.38. The van der Waals surface area contributed by atoms with Crippen LogP contribution in [0.3, 0.4) is 0 Å². The second-order valence-electron chi connectivity index (χ2n) is 9.82. The molecule has 0 unspecified atom stereocenters. The second-order valence-corrected chi connectivity index (χ2v) is 9.82. The van der Waals surface area contributed by atoms with Gasteiger partial charge in [-0.15, -0.1) is 0 Å². The van der Waals surface area contributed by atoms with Gasteiger partial charge in [-0.2, -0.15) is 4.58 Å². The molecule has 1 saturated carbocycles. The van der Waals surface area contributed by atoms with E-state index < -0.39 is 5.92 Å². The van der Waals surface area contributed by atoms with Gasteiger partial charge in [0.1, 0.15) is 5.92 Å². The highest BCUT2D eigenvalue weighted by molar-refractivity contribution is 6.41. The molecule has 0 atom stereocenters. The number of para-hydroxylation sites is 3. The molecular weight excluding hydrogens is 456 g/mol. The molecule has 3 aliphatic rings. The monoisotopic (exact) mass is 487 g/mol. The van der Waals surface area contributed by atoms with E-state index in [1.54, 1.807) is 12.2 Å². The Hall–Kier alpha value is -3.55. The first-order chi connectivity index (χ1) is 17.4. The zero-order valence-electron chi connectivity index (χ0n) is 20.6. The normalized spacial score (nSPS) is 21.0. The van der Waals surface area contributed by atoms with Crippen molar-refractivity contribution in [1.82, 2.24) is 0 Å². The summed E-state index contributed by atoms with van der Waals surface area (Å²) in [5.74, 6) is -0.236. The van der Waals surface area contributed by atoms with Crippen molar-refractivity contribution < 1.29 is 29.1 Å². The van der Waals surface area contributed by atoms with E-state index in [1.165, 1.54) is 0 Å². The van der Waals surface area contributed by atoms with E-state index in [1.807, 2.05) is 47.4 Å². The Labute approximate surface area is 210 Å². The fourth-order valence-electron chi connectivity index (χ4n) is 5.28. The van der Waals surface area contributed by atoms with Crippen LogP contribution in [0, 0.1) is 5.92 Å². The van der Waals surface area contributed by atoms with Gasteiger partial charge < -0.3 is 19.8 Å². The van der Waals surface area contributed by atoms with Gasteiger partial charge in [0.15, 0.2) is 35.5 Å². The first-order valence-corrected chi connectivity index (χ1v) is 12.4. The molecule has 0 amide bonds. The van der Waals surface area contributed by atoms with E-state index in [0.717, 1.165) is 22.6 Å². The molecule has 0 aromatic heterocycles. The maximum atomic E-state index is 13.2. The summed E-state index contributed by atoms with van der Waals surface area (Å²) in [6.07, 6.45) is 4.45. The molecule has 0 spiro atoms. The van der Waals surface area contributed by atoms with Gasteiger partial charge in [-0.3, -0.25) is 9.59 Å². The van der Waals surface area contributed by atoms with E-state index in [-0.39, 0.29) is 35.8 Å². The Morgan fingerprint density at radius 1 is 1.00 bits per heavy atom. The molecule has 2 heterocycles. The van der Waals surface area contributed by atoms with Crippen LogP contribution < -0.4 is 9.64 Å². The van der Waals surface area contributed by atoms with Crippen LogP contribution in [0.15, 0.2) is 72.1 Å². The van der Waals surface area contributed by atoms with Crippen LogP contribution in [-0.2, 0) is 15.0 Å². The lowest BCUT2D eigenvalue weighted by atomic mass is 9.73. The zero-order valence-corrected chi connectivity index (χ0v) is 20.6. The maximum Gasteiger partial charge on any atom is 0.209 e. The highest BCUT2D eigenvalue weighted by Gasteiger charge is 2.49. The van der Waals surface area contributed by atoms with Gasteiger partial charge in [0, 0.05) is 43.9 Å². The molecule has 0 bridgehead atoms. The van der Waals surface area contributed by atoms with Crippen molar-refractivity contribution in [1.29, 1.82) is 0 Å². The number of carbonyl (C=O) groups excluding carboxylic acids is 2. The van der Waals surface area contributed by atoms with Gasteiger partial charge in [0.2, 0.25) is 5.69 Å². The standard InChI is InChI=1S/C29H31N2O5/c1-29(2)21-9-3-4-10-22(21)30(13-7-15-32)25(29)17-19-27(34)20(28(19)35)18-26-31(14-8-16-33)23-11-5-6-12-24(23)36-26/h3-6,9-12,17-18,20,32-33H,7-8,13-16H2,1-2H3/q+1/b19-17?,26-18+. The number of aliphatic hydroxyl groups excluding tert-OH is 2. The summed E-state index contributed by atoms with van der Waals surface area (Å²) >= 11 is 0. The van der Waals surface area contributed by atoms with Crippen LogP contribution in [0.5, 0.6) is 5.75 Å². The van der Waals surface area contributed by atoms with E-state index in [9.17, 15) is 19.8 Å². The van der Waals surface area contributed by atoms with Crippen LogP contribution in [0.25, 0.3) is 0 Å². The second kappa shape index (κ2) is 9.48. The third-order valence-electron chi connectivity index (χ3n) is 7.20. The summed E-state index contributed by atoms with van der Waals surface area (Å²) in [7, 11) is 0. The topological polar surface area (TPSA) is 90.1 Å². The lowest BCUT2D eigenvalue weighted by Gasteiger charge is -2.26. The number of ketones is 2. The van der Waals surface area contributed by atoms with Crippen molar-refractivity contribution in [2.24, 2.45) is 5.92 Å². The summed E-state index contributed by atoms with van der Waals surface area (Å²) in [6, 6.07) is 15.6. The van der Waals surface area contributed by atoms with Crippen molar-refractivity contribution in [3.8, 4) is 5.75 Å². The number of rotatable bonds is 8. The van der Waals surface area contributed by atoms with Crippen molar-refractivity contribution in [3.05, 3.63) is 77.7 Å². The van der Waals surface area contributed by atoms with Gasteiger partial charge in [-0.05, 0) is 38.5 Å².